The molecule has 10 heteroatoms. The SMILES string of the molecule is COc1ccc(N(CC(=O)N/N=C\c2cccc(Cl)c2)S(C)(=O)=O)cc1OC. The number of ether oxygens (including phenoxy) is 2. The van der Waals surface area contributed by atoms with Crippen LogP contribution in [0.1, 0.15) is 5.56 Å². The molecule has 28 heavy (non-hydrogen) atoms. The first-order chi connectivity index (χ1) is 13.2. The minimum absolute atomic E-state index is 0.258. The summed E-state index contributed by atoms with van der Waals surface area (Å²) in [5.74, 6) is 0.168. The Hall–Kier alpha value is -2.78. The lowest BCUT2D eigenvalue weighted by molar-refractivity contribution is -0.119. The third-order valence-corrected chi connectivity index (χ3v) is 4.97. The molecule has 0 saturated heterocycles. The second-order valence-electron chi connectivity index (χ2n) is 5.66. The number of carbonyl (C=O) groups excluding carboxylic acids is 1. The molecule has 0 aromatic heterocycles. The first-order valence-electron chi connectivity index (χ1n) is 8.02. The number of rotatable bonds is 8. The van der Waals surface area contributed by atoms with Gasteiger partial charge in [0.2, 0.25) is 10.0 Å². The summed E-state index contributed by atoms with van der Waals surface area (Å²) < 4.78 is 35.6. The maximum Gasteiger partial charge on any atom is 0.260 e. The molecule has 0 unspecified atom stereocenters. The number of hydrazone groups is 1. The second kappa shape index (κ2) is 9.43. The third kappa shape index (κ3) is 5.86. The van der Waals surface area contributed by atoms with Crippen LogP contribution in [0.3, 0.4) is 0 Å². The van der Waals surface area contributed by atoms with Gasteiger partial charge < -0.3 is 9.47 Å². The van der Waals surface area contributed by atoms with Crippen molar-refractivity contribution in [3.63, 3.8) is 0 Å². The van der Waals surface area contributed by atoms with Crippen LogP contribution in [-0.2, 0) is 14.8 Å². The summed E-state index contributed by atoms with van der Waals surface area (Å²) in [6.07, 6.45) is 2.41. The zero-order valence-electron chi connectivity index (χ0n) is 15.5. The van der Waals surface area contributed by atoms with Crippen molar-refractivity contribution < 1.29 is 22.7 Å². The van der Waals surface area contributed by atoms with Crippen molar-refractivity contribution >= 4 is 39.4 Å². The molecule has 0 saturated carbocycles. The highest BCUT2D eigenvalue weighted by molar-refractivity contribution is 7.92. The van der Waals surface area contributed by atoms with Gasteiger partial charge in [-0.15, -0.1) is 0 Å². The Labute approximate surface area is 168 Å². The van der Waals surface area contributed by atoms with Gasteiger partial charge in [0.05, 0.1) is 32.4 Å². The average molecular weight is 426 g/mol. The van der Waals surface area contributed by atoms with Crippen molar-refractivity contribution in [1.29, 1.82) is 0 Å². The number of nitrogens with zero attached hydrogens (tertiary/aromatic N) is 2. The molecule has 0 heterocycles. The van der Waals surface area contributed by atoms with E-state index in [2.05, 4.69) is 10.5 Å². The molecule has 2 rings (SSSR count). The molecule has 0 spiro atoms. The number of halogens is 1. The minimum Gasteiger partial charge on any atom is -0.493 e. The van der Waals surface area contributed by atoms with Gasteiger partial charge >= 0.3 is 0 Å². The van der Waals surface area contributed by atoms with Crippen LogP contribution in [0.15, 0.2) is 47.6 Å². The molecule has 2 aromatic carbocycles. The van der Waals surface area contributed by atoms with Crippen LogP contribution in [0.2, 0.25) is 5.02 Å². The number of hydrogen-bond acceptors (Lipinski definition) is 6. The molecule has 0 radical (unpaired) electrons. The van der Waals surface area contributed by atoms with Crippen molar-refractivity contribution in [3.05, 3.63) is 53.1 Å². The zero-order chi connectivity index (χ0) is 20.7. The number of carbonyl (C=O) groups is 1. The van der Waals surface area contributed by atoms with Gasteiger partial charge in [0.15, 0.2) is 11.5 Å². The first kappa shape index (κ1) is 21.5. The highest BCUT2D eigenvalue weighted by Gasteiger charge is 2.22. The van der Waals surface area contributed by atoms with Gasteiger partial charge in [-0.25, -0.2) is 13.8 Å². The Balaban J connectivity index is 2.15. The Bertz CT molecular complexity index is 979. The van der Waals surface area contributed by atoms with Crippen LogP contribution < -0.4 is 19.2 Å². The highest BCUT2D eigenvalue weighted by atomic mass is 35.5. The molecular formula is C18H20ClN3O5S. The van der Waals surface area contributed by atoms with E-state index in [4.69, 9.17) is 21.1 Å². The second-order valence-corrected chi connectivity index (χ2v) is 8.00. The Kier molecular flexibility index (Phi) is 7.24. The topological polar surface area (TPSA) is 97.3 Å². The molecule has 0 fully saturated rings. The highest BCUT2D eigenvalue weighted by Crippen LogP contribution is 2.32. The van der Waals surface area contributed by atoms with Crippen LogP contribution >= 0.6 is 11.6 Å². The first-order valence-corrected chi connectivity index (χ1v) is 10.2. The molecule has 0 aliphatic rings. The molecule has 2 aromatic rings. The van der Waals surface area contributed by atoms with Crippen molar-refractivity contribution in [2.45, 2.75) is 0 Å². The number of anilines is 1. The van der Waals surface area contributed by atoms with Crippen LogP contribution in [0.25, 0.3) is 0 Å². The van der Waals surface area contributed by atoms with E-state index in [1.165, 1.54) is 32.6 Å². The number of sulfonamides is 1. The summed E-state index contributed by atoms with van der Waals surface area (Å²) in [6, 6.07) is 11.4. The summed E-state index contributed by atoms with van der Waals surface area (Å²) >= 11 is 5.88. The van der Waals surface area contributed by atoms with E-state index in [1.807, 2.05) is 0 Å². The van der Waals surface area contributed by atoms with E-state index in [-0.39, 0.29) is 5.69 Å². The molecule has 1 N–H and O–H groups in total. The molecule has 1 amide bonds. The fraction of sp³-hybridized carbons (Fsp3) is 0.222. The monoisotopic (exact) mass is 425 g/mol. The van der Waals surface area contributed by atoms with Crippen LogP contribution in [0.4, 0.5) is 5.69 Å². The molecular weight excluding hydrogens is 406 g/mol. The van der Waals surface area contributed by atoms with Gasteiger partial charge in [0.1, 0.15) is 6.54 Å². The number of nitrogens with one attached hydrogen (secondary N) is 1. The van der Waals surface area contributed by atoms with E-state index in [0.717, 1.165) is 10.6 Å². The predicted octanol–water partition coefficient (Wildman–Crippen LogP) is 2.27. The van der Waals surface area contributed by atoms with Crippen LogP contribution in [0, 0.1) is 0 Å². The van der Waals surface area contributed by atoms with Gasteiger partial charge in [-0.3, -0.25) is 9.10 Å². The van der Waals surface area contributed by atoms with E-state index in [0.29, 0.717) is 22.1 Å². The lowest BCUT2D eigenvalue weighted by Crippen LogP contribution is -2.39. The summed E-state index contributed by atoms with van der Waals surface area (Å²) in [6.45, 7) is -0.457. The lowest BCUT2D eigenvalue weighted by atomic mass is 10.2. The van der Waals surface area contributed by atoms with Crippen molar-refractivity contribution in [2.24, 2.45) is 5.10 Å². The normalized spacial score (nSPS) is 11.3. The smallest absolute Gasteiger partial charge is 0.260 e. The number of benzene rings is 2. The third-order valence-electron chi connectivity index (χ3n) is 3.59. The van der Waals surface area contributed by atoms with E-state index in [1.54, 1.807) is 30.3 Å². The molecule has 150 valence electrons. The van der Waals surface area contributed by atoms with Crippen molar-refractivity contribution in [2.75, 3.05) is 31.3 Å². The fourth-order valence-electron chi connectivity index (χ4n) is 2.31. The number of methoxy groups -OCH3 is 2. The molecule has 8 nitrogen and oxygen atoms in total. The minimum atomic E-state index is -3.73. The zero-order valence-corrected chi connectivity index (χ0v) is 17.1. The predicted molar refractivity (Wildman–Crippen MR) is 109 cm³/mol. The molecule has 0 aliphatic heterocycles. The van der Waals surface area contributed by atoms with E-state index >= 15 is 0 Å². The van der Waals surface area contributed by atoms with Gasteiger partial charge in [0.25, 0.3) is 5.91 Å². The Morgan fingerprint density at radius 1 is 1.18 bits per heavy atom. The summed E-state index contributed by atoms with van der Waals surface area (Å²) in [4.78, 5) is 12.2. The molecule has 0 aliphatic carbocycles. The molecule has 0 bridgehead atoms. The fourth-order valence-corrected chi connectivity index (χ4v) is 3.36. The van der Waals surface area contributed by atoms with E-state index in [9.17, 15) is 13.2 Å². The van der Waals surface area contributed by atoms with Gasteiger partial charge in [0, 0.05) is 11.1 Å². The van der Waals surface area contributed by atoms with Gasteiger partial charge in [-0.1, -0.05) is 23.7 Å². The Morgan fingerprint density at radius 3 is 2.50 bits per heavy atom. The van der Waals surface area contributed by atoms with Gasteiger partial charge in [-0.05, 0) is 29.8 Å². The van der Waals surface area contributed by atoms with Crippen molar-refractivity contribution in [3.8, 4) is 11.5 Å². The standard InChI is InChI=1S/C18H20ClN3O5S/c1-26-16-8-7-15(10-17(16)27-2)22(28(3,24)25)12-18(23)21-20-11-13-5-4-6-14(19)9-13/h4-11H,12H2,1-3H3,(H,21,23)/b20-11-. The maximum atomic E-state index is 12.2. The van der Waals surface area contributed by atoms with E-state index < -0.39 is 22.5 Å². The molecule has 0 atom stereocenters. The van der Waals surface area contributed by atoms with Crippen molar-refractivity contribution in [1.82, 2.24) is 5.43 Å². The Morgan fingerprint density at radius 2 is 1.89 bits per heavy atom. The largest absolute Gasteiger partial charge is 0.493 e. The quantitative estimate of drug-likeness (QED) is 0.517. The van der Waals surface area contributed by atoms with Crippen LogP contribution in [0.5, 0.6) is 11.5 Å². The summed E-state index contributed by atoms with van der Waals surface area (Å²) in [7, 11) is -0.830. The summed E-state index contributed by atoms with van der Waals surface area (Å²) in [5.41, 5.74) is 3.25. The van der Waals surface area contributed by atoms with Gasteiger partial charge in [-0.2, -0.15) is 5.10 Å². The number of amides is 1. The summed E-state index contributed by atoms with van der Waals surface area (Å²) in [5, 5.41) is 4.36. The maximum absolute atomic E-state index is 12.2. The van der Waals surface area contributed by atoms with Crippen LogP contribution in [-0.4, -0.2) is 47.6 Å². The average Bonchev–Trinajstić information content (AvgIpc) is 2.64. The number of hydrogen-bond donors (Lipinski definition) is 1. The lowest BCUT2D eigenvalue weighted by Gasteiger charge is -2.22.